The van der Waals surface area contributed by atoms with Gasteiger partial charge in [0.15, 0.2) is 0 Å². The number of nitrogens with zero attached hydrogens (tertiary/aromatic N) is 3. The van der Waals surface area contributed by atoms with E-state index in [1.165, 1.54) is 0 Å². The second-order valence-electron chi connectivity index (χ2n) is 6.82. The van der Waals surface area contributed by atoms with Crippen molar-refractivity contribution in [3.8, 4) is 0 Å². The Morgan fingerprint density at radius 1 is 1.52 bits per heavy atom. The molecule has 3 aliphatic rings. The van der Waals surface area contributed by atoms with Gasteiger partial charge in [-0.3, -0.25) is 14.8 Å². The zero-order valence-electron chi connectivity index (χ0n) is 12.9. The van der Waals surface area contributed by atoms with Crippen LogP contribution in [0.3, 0.4) is 0 Å². The predicted molar refractivity (Wildman–Crippen MR) is 81.7 cm³/mol. The van der Waals surface area contributed by atoms with Crippen molar-refractivity contribution in [3.05, 3.63) is 12.3 Å². The molecule has 3 fully saturated rings. The van der Waals surface area contributed by atoms with Crippen molar-refractivity contribution in [3.63, 3.8) is 0 Å². The van der Waals surface area contributed by atoms with Gasteiger partial charge in [0.25, 0.3) is 5.91 Å². The maximum Gasteiger partial charge on any atom is 0.318 e. The molecule has 3 amide bonds. The van der Waals surface area contributed by atoms with E-state index in [0.717, 1.165) is 19.3 Å². The molecule has 2 saturated heterocycles. The Labute approximate surface area is 133 Å². The Hall–Kier alpha value is -2.09. The number of aliphatic hydroxyl groups is 1. The van der Waals surface area contributed by atoms with Crippen molar-refractivity contribution in [2.45, 2.75) is 37.3 Å². The number of rotatable bonds is 3. The molecule has 124 valence electrons. The highest BCUT2D eigenvalue weighted by molar-refractivity contribution is 6.00. The van der Waals surface area contributed by atoms with Crippen LogP contribution < -0.4 is 10.2 Å². The standard InChI is InChI=1S/C15H21N5O3/c21-9-15-4-1-10(7-15)8-20(15)14(23)17-11-3-6-19(13(11)22)12-2-5-16-18-12/h2,5,10-11,21H,1,3-4,6-9H2,(H,16,18)(H,17,23). The zero-order valence-corrected chi connectivity index (χ0v) is 12.9. The normalized spacial score (nSPS) is 32.8. The van der Waals surface area contributed by atoms with Crippen molar-refractivity contribution in [1.29, 1.82) is 0 Å². The number of anilines is 1. The van der Waals surface area contributed by atoms with Crippen LogP contribution in [0.5, 0.6) is 0 Å². The molecule has 1 aromatic heterocycles. The van der Waals surface area contributed by atoms with Crippen LogP contribution in [0.25, 0.3) is 0 Å². The summed E-state index contributed by atoms with van der Waals surface area (Å²) in [7, 11) is 0. The number of aliphatic hydroxyl groups excluding tert-OH is 1. The van der Waals surface area contributed by atoms with E-state index in [0.29, 0.717) is 31.2 Å². The lowest BCUT2D eigenvalue weighted by Crippen LogP contribution is -2.56. The number of carbonyl (C=O) groups excluding carboxylic acids is 2. The minimum atomic E-state index is -0.513. The number of fused-ring (bicyclic) bond motifs is 2. The fraction of sp³-hybridized carbons (Fsp3) is 0.667. The van der Waals surface area contributed by atoms with E-state index in [4.69, 9.17) is 0 Å². The molecule has 3 atom stereocenters. The number of carbonyl (C=O) groups is 2. The van der Waals surface area contributed by atoms with Crippen LogP contribution in [0.1, 0.15) is 25.7 Å². The third-order valence-corrected chi connectivity index (χ3v) is 5.52. The zero-order chi connectivity index (χ0) is 16.0. The molecule has 3 N–H and O–H groups in total. The lowest BCUT2D eigenvalue weighted by atomic mass is 9.98. The maximum absolute atomic E-state index is 12.6. The van der Waals surface area contributed by atoms with E-state index in [1.54, 1.807) is 22.1 Å². The van der Waals surface area contributed by atoms with Gasteiger partial charge in [-0.15, -0.1) is 0 Å². The summed E-state index contributed by atoms with van der Waals surface area (Å²) in [5.41, 5.74) is -0.417. The molecule has 0 aromatic carbocycles. The van der Waals surface area contributed by atoms with Crippen molar-refractivity contribution in [1.82, 2.24) is 20.4 Å². The Kier molecular flexibility index (Phi) is 3.29. The van der Waals surface area contributed by atoms with Crippen LogP contribution in [0.15, 0.2) is 12.3 Å². The van der Waals surface area contributed by atoms with Gasteiger partial charge in [-0.25, -0.2) is 4.79 Å². The molecule has 1 aliphatic carbocycles. The third-order valence-electron chi connectivity index (χ3n) is 5.52. The highest BCUT2D eigenvalue weighted by Crippen LogP contribution is 2.46. The number of nitrogens with one attached hydrogen (secondary N) is 2. The van der Waals surface area contributed by atoms with E-state index in [2.05, 4.69) is 15.5 Å². The average molecular weight is 319 g/mol. The highest BCUT2D eigenvalue weighted by atomic mass is 16.3. The van der Waals surface area contributed by atoms with E-state index in [1.807, 2.05) is 0 Å². The molecule has 1 aromatic rings. The number of H-pyrrole nitrogens is 1. The molecule has 3 unspecified atom stereocenters. The Bertz CT molecular complexity index is 619. The van der Waals surface area contributed by atoms with Crippen molar-refractivity contribution >= 4 is 17.8 Å². The van der Waals surface area contributed by atoms with Gasteiger partial charge in [-0.05, 0) is 31.6 Å². The summed E-state index contributed by atoms with van der Waals surface area (Å²) in [6, 6.07) is 0.995. The lowest BCUT2D eigenvalue weighted by molar-refractivity contribution is -0.118. The first-order valence-electron chi connectivity index (χ1n) is 8.13. The first kappa shape index (κ1) is 14.5. The number of piperidine rings is 1. The van der Waals surface area contributed by atoms with Crippen LogP contribution in [-0.2, 0) is 4.79 Å². The fourth-order valence-electron chi connectivity index (χ4n) is 4.27. The van der Waals surface area contributed by atoms with Crippen molar-refractivity contribution in [2.24, 2.45) is 5.92 Å². The van der Waals surface area contributed by atoms with E-state index in [-0.39, 0.29) is 18.5 Å². The van der Waals surface area contributed by atoms with Gasteiger partial charge in [-0.1, -0.05) is 0 Å². The molecule has 2 aliphatic heterocycles. The summed E-state index contributed by atoms with van der Waals surface area (Å²) in [6.07, 6.45) is 4.96. The summed E-state index contributed by atoms with van der Waals surface area (Å²) in [5.74, 6) is 1.01. The highest BCUT2D eigenvalue weighted by Gasteiger charge is 2.52. The second kappa shape index (κ2) is 5.23. The SMILES string of the molecule is O=C1C(NC(=O)N2CC3CCC2(CO)C3)CCN1c1ccn[nH]1. The molecule has 3 heterocycles. The number of amides is 3. The Balaban J connectivity index is 1.43. The summed E-state index contributed by atoms with van der Waals surface area (Å²) >= 11 is 0. The molecule has 8 heteroatoms. The first-order chi connectivity index (χ1) is 11.1. The number of likely N-dealkylation sites (tertiary alicyclic amines) is 1. The van der Waals surface area contributed by atoms with Gasteiger partial charge in [0, 0.05) is 19.2 Å². The molecular weight excluding hydrogens is 298 g/mol. The Morgan fingerprint density at radius 3 is 3.09 bits per heavy atom. The van der Waals surface area contributed by atoms with Gasteiger partial charge in [0.2, 0.25) is 0 Å². The van der Waals surface area contributed by atoms with Gasteiger partial charge in [-0.2, -0.15) is 5.10 Å². The minimum absolute atomic E-state index is 0.00416. The van der Waals surface area contributed by atoms with Crippen LogP contribution in [-0.4, -0.2) is 63.4 Å². The fourth-order valence-corrected chi connectivity index (χ4v) is 4.27. The molecule has 1 saturated carbocycles. The van der Waals surface area contributed by atoms with Crippen molar-refractivity contribution < 1.29 is 14.7 Å². The number of hydrogen-bond donors (Lipinski definition) is 3. The molecule has 0 radical (unpaired) electrons. The lowest BCUT2D eigenvalue weighted by Gasteiger charge is -2.37. The van der Waals surface area contributed by atoms with Crippen LogP contribution in [0.2, 0.25) is 0 Å². The molecule has 8 nitrogen and oxygen atoms in total. The summed E-state index contributed by atoms with van der Waals surface area (Å²) in [5, 5.41) is 19.2. The van der Waals surface area contributed by atoms with Crippen LogP contribution in [0.4, 0.5) is 10.6 Å². The monoisotopic (exact) mass is 319 g/mol. The van der Waals surface area contributed by atoms with E-state index in [9.17, 15) is 14.7 Å². The van der Waals surface area contributed by atoms with E-state index < -0.39 is 11.6 Å². The molecular formula is C15H21N5O3. The largest absolute Gasteiger partial charge is 0.394 e. The topological polar surface area (TPSA) is 102 Å². The molecule has 2 bridgehead atoms. The summed E-state index contributed by atoms with van der Waals surface area (Å²) in [4.78, 5) is 28.4. The number of hydrogen-bond acceptors (Lipinski definition) is 4. The second-order valence-corrected chi connectivity index (χ2v) is 6.82. The molecule has 23 heavy (non-hydrogen) atoms. The van der Waals surface area contributed by atoms with E-state index >= 15 is 0 Å². The van der Waals surface area contributed by atoms with Crippen LogP contribution >= 0.6 is 0 Å². The van der Waals surface area contributed by atoms with Gasteiger partial charge in [0.05, 0.1) is 18.3 Å². The van der Waals surface area contributed by atoms with Crippen molar-refractivity contribution in [2.75, 3.05) is 24.6 Å². The maximum atomic E-state index is 12.6. The number of aromatic amines is 1. The average Bonchev–Trinajstić information content (AvgIpc) is 3.31. The van der Waals surface area contributed by atoms with Gasteiger partial charge in [0.1, 0.15) is 11.9 Å². The summed E-state index contributed by atoms with van der Waals surface area (Å²) in [6.45, 7) is 1.23. The predicted octanol–water partition coefficient (Wildman–Crippen LogP) is 0.0714. The molecule has 4 rings (SSSR count). The summed E-state index contributed by atoms with van der Waals surface area (Å²) < 4.78 is 0. The first-order valence-corrected chi connectivity index (χ1v) is 8.13. The quantitative estimate of drug-likeness (QED) is 0.734. The smallest absolute Gasteiger partial charge is 0.318 e. The Morgan fingerprint density at radius 2 is 2.39 bits per heavy atom. The van der Waals surface area contributed by atoms with Gasteiger partial charge >= 0.3 is 6.03 Å². The third kappa shape index (κ3) is 2.20. The van der Waals surface area contributed by atoms with Crippen LogP contribution in [0, 0.1) is 5.92 Å². The number of urea groups is 1. The van der Waals surface area contributed by atoms with Gasteiger partial charge < -0.3 is 15.3 Å². The minimum Gasteiger partial charge on any atom is -0.394 e. The number of aromatic nitrogens is 2. The molecule has 0 spiro atoms.